The summed E-state index contributed by atoms with van der Waals surface area (Å²) in [6, 6.07) is 0. The third kappa shape index (κ3) is 3.74. The van der Waals surface area contributed by atoms with E-state index in [1.807, 2.05) is 0 Å². The second-order valence-electron chi connectivity index (χ2n) is 5.99. The average molecular weight is 225 g/mol. The summed E-state index contributed by atoms with van der Waals surface area (Å²) in [5.41, 5.74) is 0.562. The average Bonchev–Trinajstić information content (AvgIpc) is 2.31. The van der Waals surface area contributed by atoms with Crippen LogP contribution in [0.15, 0.2) is 0 Å². The summed E-state index contributed by atoms with van der Waals surface area (Å²) < 4.78 is 5.74. The molecule has 1 saturated carbocycles. The van der Waals surface area contributed by atoms with E-state index in [1.165, 1.54) is 57.9 Å². The second-order valence-corrected chi connectivity index (χ2v) is 5.99. The Kier molecular flexibility index (Phi) is 4.66. The number of nitrogens with one attached hydrogen (secondary N) is 1. The first-order chi connectivity index (χ1) is 7.79. The van der Waals surface area contributed by atoms with Gasteiger partial charge in [0, 0.05) is 19.7 Å². The van der Waals surface area contributed by atoms with Crippen molar-refractivity contribution in [1.29, 1.82) is 0 Å². The molecule has 2 rings (SSSR count). The van der Waals surface area contributed by atoms with Crippen LogP contribution < -0.4 is 5.32 Å². The monoisotopic (exact) mass is 225 g/mol. The molecule has 0 amide bonds. The van der Waals surface area contributed by atoms with Crippen molar-refractivity contribution < 1.29 is 4.74 Å². The van der Waals surface area contributed by atoms with Crippen molar-refractivity contribution in [2.75, 3.05) is 19.7 Å². The van der Waals surface area contributed by atoms with Crippen LogP contribution in [0.5, 0.6) is 0 Å². The lowest BCUT2D eigenvalue weighted by atomic mass is 9.76. The molecule has 2 nitrogen and oxygen atoms in total. The molecule has 1 N–H and O–H groups in total. The van der Waals surface area contributed by atoms with E-state index in [2.05, 4.69) is 12.2 Å². The van der Waals surface area contributed by atoms with Crippen LogP contribution >= 0.6 is 0 Å². The van der Waals surface area contributed by atoms with Crippen LogP contribution in [-0.4, -0.2) is 25.8 Å². The zero-order chi connectivity index (χ0) is 11.3. The van der Waals surface area contributed by atoms with E-state index >= 15 is 0 Å². The molecule has 0 aromatic rings. The fraction of sp³-hybridized carbons (Fsp3) is 1.00. The molecule has 0 aromatic carbocycles. The van der Waals surface area contributed by atoms with Gasteiger partial charge in [0.1, 0.15) is 0 Å². The first-order valence-corrected chi connectivity index (χ1v) is 7.11. The van der Waals surface area contributed by atoms with E-state index in [4.69, 9.17) is 4.74 Å². The lowest BCUT2D eigenvalue weighted by Crippen LogP contribution is -2.39. The SMILES string of the molecule is CC1(CNCC2CCCCO2)CCCCC1. The third-order valence-electron chi connectivity index (χ3n) is 4.26. The molecule has 0 radical (unpaired) electrons. The smallest absolute Gasteiger partial charge is 0.0699 e. The van der Waals surface area contributed by atoms with Gasteiger partial charge in [-0.15, -0.1) is 0 Å². The summed E-state index contributed by atoms with van der Waals surface area (Å²) in [7, 11) is 0. The summed E-state index contributed by atoms with van der Waals surface area (Å²) >= 11 is 0. The van der Waals surface area contributed by atoms with Gasteiger partial charge in [-0.05, 0) is 37.5 Å². The van der Waals surface area contributed by atoms with Gasteiger partial charge in [0.15, 0.2) is 0 Å². The third-order valence-corrected chi connectivity index (χ3v) is 4.26. The fourth-order valence-corrected chi connectivity index (χ4v) is 3.09. The fourth-order valence-electron chi connectivity index (χ4n) is 3.09. The van der Waals surface area contributed by atoms with Gasteiger partial charge in [-0.25, -0.2) is 0 Å². The summed E-state index contributed by atoms with van der Waals surface area (Å²) in [5.74, 6) is 0. The summed E-state index contributed by atoms with van der Waals surface area (Å²) in [6.45, 7) is 5.67. The Balaban J connectivity index is 1.62. The van der Waals surface area contributed by atoms with Crippen LogP contribution in [0.2, 0.25) is 0 Å². The number of hydrogen-bond acceptors (Lipinski definition) is 2. The zero-order valence-corrected chi connectivity index (χ0v) is 10.8. The lowest BCUT2D eigenvalue weighted by molar-refractivity contribution is 0.0149. The van der Waals surface area contributed by atoms with Crippen LogP contribution in [0.1, 0.15) is 58.3 Å². The highest BCUT2D eigenvalue weighted by Crippen LogP contribution is 2.34. The highest BCUT2D eigenvalue weighted by atomic mass is 16.5. The summed E-state index contributed by atoms with van der Waals surface area (Å²) in [4.78, 5) is 0. The first-order valence-electron chi connectivity index (χ1n) is 7.11. The van der Waals surface area contributed by atoms with Gasteiger partial charge in [0.2, 0.25) is 0 Å². The summed E-state index contributed by atoms with van der Waals surface area (Å²) in [6.07, 6.45) is 11.5. The van der Waals surface area contributed by atoms with Crippen LogP contribution in [0.4, 0.5) is 0 Å². The van der Waals surface area contributed by atoms with Gasteiger partial charge in [-0.3, -0.25) is 0 Å². The van der Waals surface area contributed by atoms with Gasteiger partial charge in [0.25, 0.3) is 0 Å². The summed E-state index contributed by atoms with van der Waals surface area (Å²) in [5, 5.41) is 3.64. The van der Waals surface area contributed by atoms with Gasteiger partial charge >= 0.3 is 0 Å². The molecular formula is C14H27NO. The Morgan fingerprint density at radius 2 is 1.94 bits per heavy atom. The van der Waals surface area contributed by atoms with Gasteiger partial charge in [0.05, 0.1) is 6.10 Å². The van der Waals surface area contributed by atoms with Crippen molar-refractivity contribution in [3.05, 3.63) is 0 Å². The highest BCUT2D eigenvalue weighted by Gasteiger charge is 2.26. The van der Waals surface area contributed by atoms with Crippen molar-refractivity contribution in [1.82, 2.24) is 5.32 Å². The molecule has 1 saturated heterocycles. The van der Waals surface area contributed by atoms with Crippen LogP contribution in [-0.2, 0) is 4.74 Å². The minimum Gasteiger partial charge on any atom is -0.377 e. The van der Waals surface area contributed by atoms with Crippen LogP contribution in [0.3, 0.4) is 0 Å². The molecule has 1 atom stereocenters. The Hall–Kier alpha value is -0.0800. The van der Waals surface area contributed by atoms with E-state index in [0.717, 1.165) is 13.2 Å². The van der Waals surface area contributed by atoms with E-state index in [-0.39, 0.29) is 0 Å². The van der Waals surface area contributed by atoms with Crippen molar-refractivity contribution >= 4 is 0 Å². The Labute approximate surface area is 100 Å². The maximum Gasteiger partial charge on any atom is 0.0699 e. The topological polar surface area (TPSA) is 21.3 Å². The predicted octanol–water partition coefficient (Wildman–Crippen LogP) is 3.12. The zero-order valence-electron chi connectivity index (χ0n) is 10.8. The number of hydrogen-bond donors (Lipinski definition) is 1. The molecule has 1 unspecified atom stereocenters. The molecular weight excluding hydrogens is 198 g/mol. The van der Waals surface area contributed by atoms with Gasteiger partial charge < -0.3 is 10.1 Å². The molecule has 1 aliphatic carbocycles. The number of rotatable bonds is 4. The van der Waals surface area contributed by atoms with E-state index in [0.29, 0.717) is 11.5 Å². The molecule has 0 bridgehead atoms. The molecule has 1 heterocycles. The largest absolute Gasteiger partial charge is 0.377 e. The predicted molar refractivity (Wildman–Crippen MR) is 67.7 cm³/mol. The Morgan fingerprint density at radius 3 is 2.62 bits per heavy atom. The maximum absolute atomic E-state index is 5.74. The lowest BCUT2D eigenvalue weighted by Gasteiger charge is -2.34. The van der Waals surface area contributed by atoms with Gasteiger partial charge in [-0.1, -0.05) is 26.2 Å². The van der Waals surface area contributed by atoms with E-state index < -0.39 is 0 Å². The van der Waals surface area contributed by atoms with E-state index in [1.54, 1.807) is 0 Å². The van der Waals surface area contributed by atoms with Crippen LogP contribution in [0.25, 0.3) is 0 Å². The molecule has 1 aliphatic heterocycles. The molecule has 2 fully saturated rings. The first kappa shape index (κ1) is 12.4. The Bertz CT molecular complexity index is 193. The minimum atomic E-state index is 0.487. The van der Waals surface area contributed by atoms with Gasteiger partial charge in [-0.2, -0.15) is 0 Å². The molecule has 0 spiro atoms. The van der Waals surface area contributed by atoms with Crippen molar-refractivity contribution in [2.45, 2.75) is 64.4 Å². The molecule has 2 aliphatic rings. The maximum atomic E-state index is 5.74. The molecule has 16 heavy (non-hydrogen) atoms. The normalized spacial score (nSPS) is 30.2. The van der Waals surface area contributed by atoms with Crippen molar-refractivity contribution in [3.8, 4) is 0 Å². The number of ether oxygens (including phenoxy) is 1. The Morgan fingerprint density at radius 1 is 1.12 bits per heavy atom. The molecule has 2 heteroatoms. The van der Waals surface area contributed by atoms with Crippen molar-refractivity contribution in [2.24, 2.45) is 5.41 Å². The molecule has 94 valence electrons. The quantitative estimate of drug-likeness (QED) is 0.793. The second kappa shape index (κ2) is 6.02. The van der Waals surface area contributed by atoms with Crippen LogP contribution in [0, 0.1) is 5.41 Å². The highest BCUT2D eigenvalue weighted by molar-refractivity contribution is 4.81. The standard InChI is InChI=1S/C14H27NO/c1-14(8-4-2-5-9-14)12-15-11-13-7-3-6-10-16-13/h13,15H,2-12H2,1H3. The minimum absolute atomic E-state index is 0.487. The molecule has 0 aromatic heterocycles. The van der Waals surface area contributed by atoms with Crippen molar-refractivity contribution in [3.63, 3.8) is 0 Å². The van der Waals surface area contributed by atoms with E-state index in [9.17, 15) is 0 Å².